The molecule has 4 nitrogen and oxygen atoms in total. The largest absolute Gasteiger partial charge is 0.382 e. The van der Waals surface area contributed by atoms with Crippen LogP contribution >= 0.6 is 0 Å². The molecule has 0 saturated heterocycles. The van der Waals surface area contributed by atoms with E-state index in [1.54, 1.807) is 25.4 Å². The SMILES string of the molecule is Cc1nccc(C(O)c2cccc3cccnc23)n1. The molecule has 0 bridgehead atoms. The predicted octanol–water partition coefficient (Wildman–Crippen LogP) is 2.41. The topological polar surface area (TPSA) is 58.9 Å². The molecule has 94 valence electrons. The molecule has 4 heteroatoms. The van der Waals surface area contributed by atoms with Crippen LogP contribution in [0.2, 0.25) is 0 Å². The van der Waals surface area contributed by atoms with Crippen LogP contribution in [0.4, 0.5) is 0 Å². The summed E-state index contributed by atoms with van der Waals surface area (Å²) >= 11 is 0. The quantitative estimate of drug-likeness (QED) is 0.760. The van der Waals surface area contributed by atoms with Gasteiger partial charge in [-0.3, -0.25) is 4.98 Å². The first-order valence-electron chi connectivity index (χ1n) is 6.07. The number of aliphatic hydroxyl groups is 1. The Morgan fingerprint density at radius 2 is 1.84 bits per heavy atom. The van der Waals surface area contributed by atoms with Crippen molar-refractivity contribution in [2.45, 2.75) is 13.0 Å². The maximum absolute atomic E-state index is 10.5. The van der Waals surface area contributed by atoms with E-state index in [0.29, 0.717) is 11.5 Å². The second-order valence-corrected chi connectivity index (χ2v) is 4.35. The van der Waals surface area contributed by atoms with E-state index < -0.39 is 6.10 Å². The third-order valence-corrected chi connectivity index (χ3v) is 3.04. The lowest BCUT2D eigenvalue weighted by Crippen LogP contribution is -2.05. The number of nitrogens with zero attached hydrogens (tertiary/aromatic N) is 3. The van der Waals surface area contributed by atoms with E-state index in [-0.39, 0.29) is 0 Å². The highest BCUT2D eigenvalue weighted by Gasteiger charge is 2.15. The Kier molecular flexibility index (Phi) is 2.93. The molecule has 0 aliphatic carbocycles. The van der Waals surface area contributed by atoms with Gasteiger partial charge in [0, 0.05) is 23.3 Å². The lowest BCUT2D eigenvalue weighted by atomic mass is 10.0. The average Bonchev–Trinajstić information content (AvgIpc) is 2.46. The summed E-state index contributed by atoms with van der Waals surface area (Å²) in [6.07, 6.45) is 2.59. The molecule has 1 unspecified atom stereocenters. The summed E-state index contributed by atoms with van der Waals surface area (Å²) in [5.74, 6) is 0.643. The molecule has 0 aliphatic rings. The molecular weight excluding hydrogens is 238 g/mol. The standard InChI is InChI=1S/C15H13N3O/c1-10-16-9-7-13(18-10)15(19)12-6-2-4-11-5-3-8-17-14(11)12/h2-9,15,19H,1H3. The summed E-state index contributed by atoms with van der Waals surface area (Å²) in [5.41, 5.74) is 2.15. The third kappa shape index (κ3) is 2.18. The summed E-state index contributed by atoms with van der Waals surface area (Å²) in [6.45, 7) is 1.80. The fraction of sp³-hybridized carbons (Fsp3) is 0.133. The van der Waals surface area contributed by atoms with Crippen molar-refractivity contribution in [1.29, 1.82) is 0 Å². The van der Waals surface area contributed by atoms with Crippen LogP contribution in [-0.2, 0) is 0 Å². The Hall–Kier alpha value is -2.33. The molecular formula is C15H13N3O. The molecule has 0 amide bonds. The van der Waals surface area contributed by atoms with Crippen molar-refractivity contribution in [3.63, 3.8) is 0 Å². The molecule has 0 aliphatic heterocycles. The van der Waals surface area contributed by atoms with E-state index in [2.05, 4.69) is 15.0 Å². The summed E-state index contributed by atoms with van der Waals surface area (Å²) < 4.78 is 0. The van der Waals surface area contributed by atoms with E-state index in [1.807, 2.05) is 30.3 Å². The van der Waals surface area contributed by atoms with Crippen LogP contribution in [0.1, 0.15) is 23.2 Å². The van der Waals surface area contributed by atoms with E-state index >= 15 is 0 Å². The van der Waals surface area contributed by atoms with Gasteiger partial charge in [0.2, 0.25) is 0 Å². The Balaban J connectivity index is 2.14. The highest BCUT2D eigenvalue weighted by atomic mass is 16.3. The van der Waals surface area contributed by atoms with Gasteiger partial charge in [0.25, 0.3) is 0 Å². The minimum Gasteiger partial charge on any atom is -0.382 e. The normalized spacial score (nSPS) is 12.5. The van der Waals surface area contributed by atoms with E-state index in [0.717, 1.165) is 16.5 Å². The summed E-state index contributed by atoms with van der Waals surface area (Å²) in [4.78, 5) is 12.7. The smallest absolute Gasteiger partial charge is 0.125 e. The number of aromatic nitrogens is 3. The number of aryl methyl sites for hydroxylation is 1. The third-order valence-electron chi connectivity index (χ3n) is 3.04. The predicted molar refractivity (Wildman–Crippen MR) is 72.6 cm³/mol. The van der Waals surface area contributed by atoms with Gasteiger partial charge in [-0.25, -0.2) is 9.97 Å². The molecule has 0 fully saturated rings. The van der Waals surface area contributed by atoms with Crippen LogP contribution in [0.3, 0.4) is 0 Å². The van der Waals surface area contributed by atoms with Crippen molar-refractivity contribution in [3.05, 3.63) is 65.9 Å². The summed E-state index contributed by atoms with van der Waals surface area (Å²) in [6, 6.07) is 11.3. The van der Waals surface area contributed by atoms with Crippen LogP contribution in [0.5, 0.6) is 0 Å². The second-order valence-electron chi connectivity index (χ2n) is 4.35. The molecule has 1 aromatic carbocycles. The molecule has 0 saturated carbocycles. The highest BCUT2D eigenvalue weighted by molar-refractivity contribution is 5.82. The number of fused-ring (bicyclic) bond motifs is 1. The maximum atomic E-state index is 10.5. The number of rotatable bonds is 2. The van der Waals surface area contributed by atoms with E-state index in [4.69, 9.17) is 0 Å². The van der Waals surface area contributed by atoms with E-state index in [9.17, 15) is 5.11 Å². The lowest BCUT2D eigenvalue weighted by Gasteiger charge is -2.12. The first kappa shape index (κ1) is 11.7. The monoisotopic (exact) mass is 251 g/mol. The Labute approximate surface area is 110 Å². The zero-order valence-corrected chi connectivity index (χ0v) is 10.5. The van der Waals surface area contributed by atoms with Crippen molar-refractivity contribution in [1.82, 2.24) is 15.0 Å². The van der Waals surface area contributed by atoms with Crippen molar-refractivity contribution >= 4 is 10.9 Å². The number of hydrogen-bond donors (Lipinski definition) is 1. The molecule has 2 heterocycles. The molecule has 3 rings (SSSR count). The fourth-order valence-corrected chi connectivity index (χ4v) is 2.13. The van der Waals surface area contributed by atoms with Gasteiger partial charge >= 0.3 is 0 Å². The van der Waals surface area contributed by atoms with Crippen molar-refractivity contribution < 1.29 is 5.11 Å². The van der Waals surface area contributed by atoms with Gasteiger partial charge in [-0.1, -0.05) is 24.3 Å². The number of benzene rings is 1. The minimum atomic E-state index is -0.791. The van der Waals surface area contributed by atoms with E-state index in [1.165, 1.54) is 0 Å². The number of pyridine rings is 1. The zero-order chi connectivity index (χ0) is 13.2. The molecule has 19 heavy (non-hydrogen) atoms. The van der Waals surface area contributed by atoms with Gasteiger partial charge in [-0.2, -0.15) is 0 Å². The van der Waals surface area contributed by atoms with Gasteiger partial charge < -0.3 is 5.11 Å². The average molecular weight is 251 g/mol. The lowest BCUT2D eigenvalue weighted by molar-refractivity contribution is 0.216. The fourth-order valence-electron chi connectivity index (χ4n) is 2.13. The Morgan fingerprint density at radius 1 is 1.00 bits per heavy atom. The number of hydrogen-bond acceptors (Lipinski definition) is 4. The Bertz CT molecular complexity index is 722. The van der Waals surface area contributed by atoms with Crippen LogP contribution in [0.15, 0.2) is 48.8 Å². The Morgan fingerprint density at radius 3 is 2.68 bits per heavy atom. The highest BCUT2D eigenvalue weighted by Crippen LogP contribution is 2.26. The molecule has 1 atom stereocenters. The van der Waals surface area contributed by atoms with Gasteiger partial charge in [0.1, 0.15) is 11.9 Å². The summed E-state index contributed by atoms with van der Waals surface area (Å²) in [7, 11) is 0. The number of aliphatic hydroxyl groups excluding tert-OH is 1. The van der Waals surface area contributed by atoms with Crippen molar-refractivity contribution in [3.8, 4) is 0 Å². The summed E-state index contributed by atoms with van der Waals surface area (Å²) in [5, 5.41) is 11.5. The molecule has 0 spiro atoms. The van der Waals surface area contributed by atoms with Crippen molar-refractivity contribution in [2.75, 3.05) is 0 Å². The molecule has 3 aromatic rings. The first-order valence-corrected chi connectivity index (χ1v) is 6.07. The first-order chi connectivity index (χ1) is 9.25. The van der Waals surface area contributed by atoms with Gasteiger partial charge in [-0.05, 0) is 19.1 Å². The number of para-hydroxylation sites is 1. The van der Waals surface area contributed by atoms with Crippen LogP contribution < -0.4 is 0 Å². The maximum Gasteiger partial charge on any atom is 0.125 e. The van der Waals surface area contributed by atoms with Crippen LogP contribution in [-0.4, -0.2) is 20.1 Å². The van der Waals surface area contributed by atoms with Crippen molar-refractivity contribution in [2.24, 2.45) is 0 Å². The second kappa shape index (κ2) is 4.74. The van der Waals surface area contributed by atoms with Gasteiger partial charge in [-0.15, -0.1) is 0 Å². The van der Waals surface area contributed by atoms with Crippen LogP contribution in [0, 0.1) is 6.92 Å². The zero-order valence-electron chi connectivity index (χ0n) is 10.5. The minimum absolute atomic E-state index is 0.589. The van der Waals surface area contributed by atoms with Gasteiger partial charge in [0.05, 0.1) is 11.2 Å². The molecule has 2 aromatic heterocycles. The molecule has 0 radical (unpaired) electrons. The van der Waals surface area contributed by atoms with Crippen LogP contribution in [0.25, 0.3) is 10.9 Å². The van der Waals surface area contributed by atoms with Gasteiger partial charge in [0.15, 0.2) is 0 Å². The molecule has 1 N–H and O–H groups in total.